The van der Waals surface area contributed by atoms with Crippen LogP contribution in [0, 0.1) is 0 Å². The third-order valence-electron chi connectivity index (χ3n) is 3.99. The maximum absolute atomic E-state index is 12.3. The van der Waals surface area contributed by atoms with Crippen LogP contribution in [-0.2, 0) is 11.3 Å². The second-order valence-corrected chi connectivity index (χ2v) is 7.84. The highest BCUT2D eigenvalue weighted by Crippen LogP contribution is 2.26. The number of nitrogens with two attached hydrogens (primary N) is 1. The molecule has 0 aromatic heterocycles. The molecule has 0 aliphatic heterocycles. The molecule has 0 aliphatic carbocycles. The fourth-order valence-electron chi connectivity index (χ4n) is 2.51. The summed E-state index contributed by atoms with van der Waals surface area (Å²) in [6, 6.07) is 13.9. The topological polar surface area (TPSA) is 117 Å². The molecular formula is C21H27N5O3S. The lowest BCUT2D eigenvalue weighted by atomic mass is 10.1. The SMILES string of the molecule is CN(C)CCNC(=O)c1cccc(CNC(=O)Nc2ccccc2SCC(N)=O)c1. The van der Waals surface area contributed by atoms with Gasteiger partial charge in [-0.3, -0.25) is 9.59 Å². The maximum Gasteiger partial charge on any atom is 0.319 e. The number of rotatable bonds is 10. The molecule has 2 aromatic carbocycles. The molecule has 4 amide bonds. The number of carbonyl (C=O) groups excluding carboxylic acids is 3. The minimum Gasteiger partial charge on any atom is -0.369 e. The molecule has 0 bridgehead atoms. The van der Waals surface area contributed by atoms with E-state index in [0.29, 0.717) is 17.8 Å². The molecule has 0 aliphatic rings. The molecule has 0 saturated heterocycles. The van der Waals surface area contributed by atoms with Gasteiger partial charge in [0.15, 0.2) is 0 Å². The van der Waals surface area contributed by atoms with Gasteiger partial charge in [0.05, 0.1) is 11.4 Å². The first-order chi connectivity index (χ1) is 14.3. The highest BCUT2D eigenvalue weighted by Gasteiger charge is 2.09. The Hall–Kier alpha value is -3.04. The summed E-state index contributed by atoms with van der Waals surface area (Å²) in [5.41, 5.74) is 7.13. The van der Waals surface area contributed by atoms with Crippen molar-refractivity contribution in [2.45, 2.75) is 11.4 Å². The van der Waals surface area contributed by atoms with Crippen LogP contribution in [0.3, 0.4) is 0 Å². The van der Waals surface area contributed by atoms with Crippen LogP contribution in [0.25, 0.3) is 0 Å². The molecule has 8 nitrogen and oxygen atoms in total. The Morgan fingerprint density at radius 1 is 1.03 bits per heavy atom. The smallest absolute Gasteiger partial charge is 0.319 e. The second kappa shape index (κ2) is 11.8. The average Bonchev–Trinajstić information content (AvgIpc) is 2.71. The van der Waals surface area contributed by atoms with E-state index in [1.165, 1.54) is 11.8 Å². The molecule has 0 fully saturated rings. The first-order valence-corrected chi connectivity index (χ1v) is 10.4. The van der Waals surface area contributed by atoms with Crippen LogP contribution in [0.2, 0.25) is 0 Å². The lowest BCUT2D eigenvalue weighted by Crippen LogP contribution is -2.31. The molecule has 2 rings (SSSR count). The van der Waals surface area contributed by atoms with E-state index in [9.17, 15) is 14.4 Å². The maximum atomic E-state index is 12.3. The van der Waals surface area contributed by atoms with Gasteiger partial charge in [0.25, 0.3) is 5.91 Å². The summed E-state index contributed by atoms with van der Waals surface area (Å²) in [4.78, 5) is 38.3. The number of hydrogen-bond acceptors (Lipinski definition) is 5. The van der Waals surface area contributed by atoms with E-state index in [4.69, 9.17) is 5.73 Å². The van der Waals surface area contributed by atoms with Crippen molar-refractivity contribution in [3.63, 3.8) is 0 Å². The number of carbonyl (C=O) groups is 3. The third-order valence-corrected chi connectivity index (χ3v) is 5.09. The van der Waals surface area contributed by atoms with Gasteiger partial charge in [-0.15, -0.1) is 11.8 Å². The van der Waals surface area contributed by atoms with Gasteiger partial charge in [0.1, 0.15) is 0 Å². The van der Waals surface area contributed by atoms with Gasteiger partial charge < -0.3 is 26.6 Å². The zero-order valence-corrected chi connectivity index (χ0v) is 17.9. The minimum atomic E-state index is -0.426. The van der Waals surface area contributed by atoms with E-state index in [2.05, 4.69) is 16.0 Å². The highest BCUT2D eigenvalue weighted by molar-refractivity contribution is 8.00. The number of thioether (sulfide) groups is 1. The lowest BCUT2D eigenvalue weighted by molar-refractivity contribution is -0.115. The molecular weight excluding hydrogens is 402 g/mol. The van der Waals surface area contributed by atoms with Crippen molar-refractivity contribution in [2.75, 3.05) is 38.3 Å². The average molecular weight is 430 g/mol. The van der Waals surface area contributed by atoms with Crippen molar-refractivity contribution in [3.8, 4) is 0 Å². The van der Waals surface area contributed by atoms with E-state index in [-0.39, 0.29) is 24.2 Å². The number of likely N-dealkylation sites (N-methyl/N-ethyl adjacent to an activating group) is 1. The summed E-state index contributed by atoms with van der Waals surface area (Å²) in [7, 11) is 3.89. The first-order valence-electron chi connectivity index (χ1n) is 9.42. The number of nitrogens with zero attached hydrogens (tertiary/aromatic N) is 1. The number of para-hydroxylation sites is 1. The molecule has 9 heteroatoms. The number of hydrogen-bond donors (Lipinski definition) is 4. The third kappa shape index (κ3) is 8.14. The van der Waals surface area contributed by atoms with Crippen molar-refractivity contribution in [1.82, 2.24) is 15.5 Å². The molecule has 0 radical (unpaired) electrons. The summed E-state index contributed by atoms with van der Waals surface area (Å²) < 4.78 is 0. The fourth-order valence-corrected chi connectivity index (χ4v) is 3.26. The van der Waals surface area contributed by atoms with Gasteiger partial charge in [-0.25, -0.2) is 4.79 Å². The van der Waals surface area contributed by atoms with Crippen LogP contribution in [-0.4, -0.2) is 55.7 Å². The Morgan fingerprint density at radius 3 is 2.53 bits per heavy atom. The predicted octanol–water partition coefficient (Wildman–Crippen LogP) is 1.88. The molecule has 0 heterocycles. The van der Waals surface area contributed by atoms with Gasteiger partial charge in [0, 0.05) is 30.1 Å². The number of amides is 4. The van der Waals surface area contributed by atoms with Crippen molar-refractivity contribution >= 4 is 35.3 Å². The normalized spacial score (nSPS) is 10.5. The minimum absolute atomic E-state index is 0.129. The summed E-state index contributed by atoms with van der Waals surface area (Å²) >= 11 is 1.26. The van der Waals surface area contributed by atoms with Crippen LogP contribution < -0.4 is 21.7 Å². The second-order valence-electron chi connectivity index (χ2n) is 6.82. The molecule has 30 heavy (non-hydrogen) atoms. The van der Waals surface area contributed by atoms with Gasteiger partial charge in [-0.2, -0.15) is 0 Å². The number of primary amides is 1. The summed E-state index contributed by atoms with van der Waals surface area (Å²) in [6.07, 6.45) is 0. The zero-order chi connectivity index (χ0) is 21.9. The summed E-state index contributed by atoms with van der Waals surface area (Å²) in [6.45, 7) is 1.58. The first kappa shape index (κ1) is 23.2. The molecule has 160 valence electrons. The van der Waals surface area contributed by atoms with Gasteiger partial charge in [0.2, 0.25) is 5.91 Å². The van der Waals surface area contributed by atoms with Gasteiger partial charge in [-0.1, -0.05) is 24.3 Å². The van der Waals surface area contributed by atoms with Crippen LogP contribution in [0.4, 0.5) is 10.5 Å². The molecule has 0 spiro atoms. The van der Waals surface area contributed by atoms with E-state index in [1.807, 2.05) is 37.2 Å². The lowest BCUT2D eigenvalue weighted by Gasteiger charge is -2.12. The Morgan fingerprint density at radius 2 is 1.80 bits per heavy atom. The molecule has 0 unspecified atom stereocenters. The Kier molecular flexibility index (Phi) is 9.17. The quantitative estimate of drug-likeness (QED) is 0.430. The number of nitrogens with one attached hydrogen (secondary N) is 3. The van der Waals surface area contributed by atoms with Crippen LogP contribution in [0.5, 0.6) is 0 Å². The van der Waals surface area contributed by atoms with Crippen LogP contribution in [0.15, 0.2) is 53.4 Å². The van der Waals surface area contributed by atoms with Crippen LogP contribution >= 0.6 is 11.8 Å². The number of benzene rings is 2. The van der Waals surface area contributed by atoms with E-state index < -0.39 is 5.91 Å². The van der Waals surface area contributed by atoms with E-state index >= 15 is 0 Å². The zero-order valence-electron chi connectivity index (χ0n) is 17.1. The summed E-state index contributed by atoms with van der Waals surface area (Å²) in [5.74, 6) is -0.447. The largest absolute Gasteiger partial charge is 0.369 e. The molecule has 5 N–H and O–H groups in total. The van der Waals surface area contributed by atoms with Gasteiger partial charge in [-0.05, 0) is 43.9 Å². The Balaban J connectivity index is 1.89. The van der Waals surface area contributed by atoms with Gasteiger partial charge >= 0.3 is 6.03 Å². The number of urea groups is 1. The van der Waals surface area contributed by atoms with Crippen molar-refractivity contribution in [3.05, 3.63) is 59.7 Å². The van der Waals surface area contributed by atoms with E-state index in [0.717, 1.165) is 17.0 Å². The monoisotopic (exact) mass is 429 g/mol. The predicted molar refractivity (Wildman–Crippen MR) is 120 cm³/mol. The molecule has 0 atom stereocenters. The van der Waals surface area contributed by atoms with Crippen LogP contribution in [0.1, 0.15) is 15.9 Å². The fraction of sp³-hybridized carbons (Fsp3) is 0.286. The molecule has 0 saturated carbocycles. The highest BCUT2D eigenvalue weighted by atomic mass is 32.2. The van der Waals surface area contributed by atoms with E-state index in [1.54, 1.807) is 30.3 Å². The Bertz CT molecular complexity index is 888. The molecule has 2 aromatic rings. The summed E-state index contributed by atoms with van der Waals surface area (Å²) in [5, 5.41) is 8.41. The Labute approximate surface area is 180 Å². The number of anilines is 1. The van der Waals surface area contributed by atoms with Crippen molar-refractivity contribution in [2.24, 2.45) is 5.73 Å². The standard InChI is InChI=1S/C21H27N5O3S/c1-26(2)11-10-23-20(28)16-7-5-6-15(12-16)13-24-21(29)25-17-8-3-4-9-18(17)30-14-19(22)27/h3-9,12H,10-11,13-14H2,1-2H3,(H2,22,27)(H,23,28)(H2,24,25,29). The van der Waals surface area contributed by atoms with Crippen molar-refractivity contribution < 1.29 is 14.4 Å². The van der Waals surface area contributed by atoms with Crippen molar-refractivity contribution in [1.29, 1.82) is 0 Å².